The fourth-order valence-corrected chi connectivity index (χ4v) is 2.19. The molecule has 1 nitrogen and oxygen atoms in total. The van der Waals surface area contributed by atoms with Gasteiger partial charge in [-0.05, 0) is 24.1 Å². The zero-order chi connectivity index (χ0) is 13.4. The SMILES string of the molecule is CCCCCCCCC(O)c1ccc(F)c(Cl)c1. The van der Waals surface area contributed by atoms with E-state index in [1.165, 1.54) is 37.8 Å². The molecule has 0 bridgehead atoms. The van der Waals surface area contributed by atoms with Crippen molar-refractivity contribution in [2.75, 3.05) is 0 Å². The van der Waals surface area contributed by atoms with Gasteiger partial charge in [0.2, 0.25) is 0 Å². The molecule has 1 atom stereocenters. The molecule has 0 saturated carbocycles. The topological polar surface area (TPSA) is 20.2 Å². The van der Waals surface area contributed by atoms with Crippen molar-refractivity contribution in [3.63, 3.8) is 0 Å². The molecule has 1 unspecified atom stereocenters. The van der Waals surface area contributed by atoms with Crippen LogP contribution >= 0.6 is 11.6 Å². The number of rotatable bonds is 8. The van der Waals surface area contributed by atoms with Gasteiger partial charge >= 0.3 is 0 Å². The predicted molar refractivity (Wildman–Crippen MR) is 74.4 cm³/mol. The highest BCUT2D eigenvalue weighted by Crippen LogP contribution is 2.24. The molecule has 1 aromatic rings. The molecule has 0 aromatic heterocycles. The normalized spacial score (nSPS) is 12.7. The Morgan fingerprint density at radius 1 is 1.17 bits per heavy atom. The minimum absolute atomic E-state index is 0.0782. The molecule has 0 radical (unpaired) electrons. The number of hydrogen-bond donors (Lipinski definition) is 1. The van der Waals surface area contributed by atoms with Crippen LogP contribution in [0.25, 0.3) is 0 Å². The minimum Gasteiger partial charge on any atom is -0.388 e. The van der Waals surface area contributed by atoms with Crippen LogP contribution in [0, 0.1) is 5.82 Å². The third-order valence-corrected chi connectivity index (χ3v) is 3.45. The molecule has 0 amide bonds. The molecule has 0 saturated heterocycles. The van der Waals surface area contributed by atoms with Gasteiger partial charge in [0, 0.05) is 0 Å². The average Bonchev–Trinajstić information content (AvgIpc) is 2.36. The molecule has 18 heavy (non-hydrogen) atoms. The molecule has 1 N–H and O–H groups in total. The minimum atomic E-state index is -0.533. The van der Waals surface area contributed by atoms with Crippen molar-refractivity contribution in [3.8, 4) is 0 Å². The molecule has 0 heterocycles. The van der Waals surface area contributed by atoms with Crippen molar-refractivity contribution < 1.29 is 9.50 Å². The largest absolute Gasteiger partial charge is 0.388 e. The number of aliphatic hydroxyl groups excluding tert-OH is 1. The van der Waals surface area contributed by atoms with E-state index in [0.29, 0.717) is 12.0 Å². The Balaban J connectivity index is 2.27. The Morgan fingerprint density at radius 2 is 1.83 bits per heavy atom. The van der Waals surface area contributed by atoms with Gasteiger partial charge in [0.15, 0.2) is 0 Å². The van der Waals surface area contributed by atoms with E-state index in [-0.39, 0.29) is 5.02 Å². The maximum atomic E-state index is 13.0. The molecule has 0 aliphatic heterocycles. The van der Waals surface area contributed by atoms with Gasteiger partial charge < -0.3 is 5.11 Å². The molecule has 102 valence electrons. The Labute approximate surface area is 114 Å². The molecule has 0 aliphatic rings. The highest BCUT2D eigenvalue weighted by Gasteiger charge is 2.09. The van der Waals surface area contributed by atoms with Gasteiger partial charge in [-0.25, -0.2) is 4.39 Å². The van der Waals surface area contributed by atoms with Crippen molar-refractivity contribution in [3.05, 3.63) is 34.6 Å². The second-order valence-corrected chi connectivity index (χ2v) is 5.15. The molecular formula is C15H22ClFO. The fraction of sp³-hybridized carbons (Fsp3) is 0.600. The maximum Gasteiger partial charge on any atom is 0.141 e. The van der Waals surface area contributed by atoms with Crippen LogP contribution in [0.2, 0.25) is 5.02 Å². The Morgan fingerprint density at radius 3 is 2.50 bits per heavy atom. The molecule has 1 aromatic carbocycles. The second-order valence-electron chi connectivity index (χ2n) is 4.75. The van der Waals surface area contributed by atoms with Crippen LogP contribution in [0.15, 0.2) is 18.2 Å². The summed E-state index contributed by atoms with van der Waals surface area (Å²) in [4.78, 5) is 0. The molecule has 3 heteroatoms. The third-order valence-electron chi connectivity index (χ3n) is 3.16. The molecule has 0 fully saturated rings. The summed E-state index contributed by atoms with van der Waals surface area (Å²) in [6, 6.07) is 4.42. The summed E-state index contributed by atoms with van der Waals surface area (Å²) in [5.41, 5.74) is 0.704. The van der Waals surface area contributed by atoms with E-state index < -0.39 is 11.9 Å². The van der Waals surface area contributed by atoms with Gasteiger partial charge in [0.05, 0.1) is 11.1 Å². The van der Waals surface area contributed by atoms with E-state index in [4.69, 9.17) is 11.6 Å². The Kier molecular flexibility index (Phi) is 7.29. The molecule has 0 spiro atoms. The van der Waals surface area contributed by atoms with Crippen molar-refractivity contribution >= 4 is 11.6 Å². The summed E-state index contributed by atoms with van der Waals surface area (Å²) in [6.07, 6.45) is 7.36. The number of benzene rings is 1. The average molecular weight is 273 g/mol. The van der Waals surface area contributed by atoms with Crippen molar-refractivity contribution in [1.82, 2.24) is 0 Å². The summed E-state index contributed by atoms with van der Waals surface area (Å²) in [6.45, 7) is 2.20. The Bertz CT molecular complexity index is 354. The van der Waals surface area contributed by atoms with Crippen molar-refractivity contribution in [2.45, 2.75) is 58.0 Å². The van der Waals surface area contributed by atoms with Crippen LogP contribution in [0.4, 0.5) is 4.39 Å². The monoisotopic (exact) mass is 272 g/mol. The first kappa shape index (κ1) is 15.5. The van der Waals surface area contributed by atoms with Crippen LogP contribution < -0.4 is 0 Å². The van der Waals surface area contributed by atoms with Gasteiger partial charge in [-0.3, -0.25) is 0 Å². The van der Waals surface area contributed by atoms with Gasteiger partial charge in [-0.1, -0.05) is 63.1 Å². The lowest BCUT2D eigenvalue weighted by molar-refractivity contribution is 0.163. The second kappa shape index (κ2) is 8.49. The zero-order valence-corrected chi connectivity index (χ0v) is 11.7. The van der Waals surface area contributed by atoms with E-state index >= 15 is 0 Å². The van der Waals surface area contributed by atoms with Crippen molar-refractivity contribution in [1.29, 1.82) is 0 Å². The summed E-state index contributed by atoms with van der Waals surface area (Å²) in [5, 5.41) is 10.0. The maximum absolute atomic E-state index is 13.0. The van der Waals surface area contributed by atoms with Crippen LogP contribution in [0.5, 0.6) is 0 Å². The summed E-state index contributed by atoms with van der Waals surface area (Å²) >= 11 is 5.69. The van der Waals surface area contributed by atoms with E-state index in [0.717, 1.165) is 12.8 Å². The first-order valence-corrected chi connectivity index (χ1v) is 7.16. The summed E-state index contributed by atoms with van der Waals surface area (Å²) in [7, 11) is 0. The van der Waals surface area contributed by atoms with Gasteiger partial charge in [0.25, 0.3) is 0 Å². The van der Waals surface area contributed by atoms with Crippen LogP contribution in [0.3, 0.4) is 0 Å². The summed E-state index contributed by atoms with van der Waals surface area (Å²) in [5.74, 6) is -0.438. The van der Waals surface area contributed by atoms with E-state index in [1.54, 1.807) is 6.07 Å². The van der Waals surface area contributed by atoms with Gasteiger partial charge in [-0.15, -0.1) is 0 Å². The first-order valence-electron chi connectivity index (χ1n) is 6.78. The predicted octanol–water partition coefficient (Wildman–Crippen LogP) is 5.26. The Hall–Kier alpha value is -0.600. The van der Waals surface area contributed by atoms with Crippen LogP contribution in [-0.4, -0.2) is 5.11 Å². The number of unbranched alkanes of at least 4 members (excludes halogenated alkanes) is 5. The third kappa shape index (κ3) is 5.36. The first-order chi connectivity index (χ1) is 8.65. The van der Waals surface area contributed by atoms with Gasteiger partial charge in [-0.2, -0.15) is 0 Å². The standard InChI is InChI=1S/C15H22ClFO/c1-2-3-4-5-6-7-8-15(18)12-9-10-14(17)13(16)11-12/h9-11,15,18H,2-8H2,1H3. The number of aliphatic hydroxyl groups is 1. The quantitative estimate of drug-likeness (QED) is 0.640. The zero-order valence-electron chi connectivity index (χ0n) is 11.0. The highest BCUT2D eigenvalue weighted by atomic mass is 35.5. The summed E-state index contributed by atoms with van der Waals surface area (Å²) < 4.78 is 13.0. The van der Waals surface area contributed by atoms with E-state index in [9.17, 15) is 9.50 Å². The van der Waals surface area contributed by atoms with Crippen molar-refractivity contribution in [2.24, 2.45) is 0 Å². The fourth-order valence-electron chi connectivity index (χ4n) is 2.00. The van der Waals surface area contributed by atoms with Crippen LogP contribution in [0.1, 0.15) is 63.5 Å². The smallest absolute Gasteiger partial charge is 0.141 e. The lowest BCUT2D eigenvalue weighted by Crippen LogP contribution is -1.98. The molecule has 1 rings (SSSR count). The molecule has 0 aliphatic carbocycles. The van der Waals surface area contributed by atoms with Gasteiger partial charge in [0.1, 0.15) is 5.82 Å². The lowest BCUT2D eigenvalue weighted by atomic mass is 10.0. The number of hydrogen-bond acceptors (Lipinski definition) is 1. The molecular weight excluding hydrogens is 251 g/mol. The number of halogens is 2. The lowest BCUT2D eigenvalue weighted by Gasteiger charge is -2.11. The van der Waals surface area contributed by atoms with E-state index in [1.807, 2.05) is 0 Å². The highest BCUT2D eigenvalue weighted by molar-refractivity contribution is 6.30. The van der Waals surface area contributed by atoms with E-state index in [2.05, 4.69) is 6.92 Å². The van der Waals surface area contributed by atoms with Crippen LogP contribution in [-0.2, 0) is 0 Å².